The Bertz CT molecular complexity index is 1060. The molecular weight excluding hydrogens is 469 g/mol. The van der Waals surface area contributed by atoms with Crippen molar-refractivity contribution in [3.63, 3.8) is 0 Å². The Hall–Kier alpha value is -2.65. The van der Waals surface area contributed by atoms with Crippen LogP contribution in [0.3, 0.4) is 0 Å². The predicted molar refractivity (Wildman–Crippen MR) is 128 cm³/mol. The molecule has 0 radical (unpaired) electrons. The van der Waals surface area contributed by atoms with Gasteiger partial charge in [0.05, 0.1) is 11.9 Å². The van der Waals surface area contributed by atoms with Crippen LogP contribution in [0.5, 0.6) is 0 Å². The summed E-state index contributed by atoms with van der Waals surface area (Å²) in [6.07, 6.45) is 2.00. The number of sulfonamides is 1. The monoisotopic (exact) mass is 497 g/mol. The van der Waals surface area contributed by atoms with Crippen LogP contribution in [0.2, 0.25) is 5.02 Å². The lowest BCUT2D eigenvalue weighted by molar-refractivity contribution is -0.140. The fourth-order valence-electron chi connectivity index (χ4n) is 3.32. The molecule has 0 saturated heterocycles. The maximum atomic E-state index is 13.8. The van der Waals surface area contributed by atoms with Crippen LogP contribution in [0.4, 0.5) is 10.1 Å². The second kappa shape index (κ2) is 12.0. The quantitative estimate of drug-likeness (QED) is 0.514. The largest absolute Gasteiger partial charge is 0.354 e. The molecule has 33 heavy (non-hydrogen) atoms. The fraction of sp³-hybridized carbons (Fsp3) is 0.391. The number of carbonyl (C=O) groups is 2. The van der Waals surface area contributed by atoms with Crippen LogP contribution in [0, 0.1) is 5.82 Å². The molecule has 2 aromatic carbocycles. The number of amides is 2. The van der Waals surface area contributed by atoms with Gasteiger partial charge in [-0.1, -0.05) is 43.6 Å². The van der Waals surface area contributed by atoms with E-state index < -0.39 is 34.3 Å². The van der Waals surface area contributed by atoms with E-state index in [1.165, 1.54) is 23.1 Å². The van der Waals surface area contributed by atoms with E-state index in [1.807, 2.05) is 6.92 Å². The molecule has 0 saturated carbocycles. The van der Waals surface area contributed by atoms with Gasteiger partial charge < -0.3 is 10.2 Å². The first kappa shape index (κ1) is 26.6. The smallest absolute Gasteiger partial charge is 0.244 e. The lowest BCUT2D eigenvalue weighted by atomic mass is 10.1. The molecule has 0 unspecified atom stereocenters. The summed E-state index contributed by atoms with van der Waals surface area (Å²) in [5.74, 6) is -1.53. The molecule has 2 rings (SSSR count). The molecule has 0 heterocycles. The van der Waals surface area contributed by atoms with Crippen molar-refractivity contribution in [2.45, 2.75) is 39.3 Å². The van der Waals surface area contributed by atoms with E-state index >= 15 is 0 Å². The van der Waals surface area contributed by atoms with Gasteiger partial charge in [0.25, 0.3) is 0 Å². The van der Waals surface area contributed by atoms with Gasteiger partial charge in [-0.2, -0.15) is 0 Å². The van der Waals surface area contributed by atoms with Crippen LogP contribution in [-0.4, -0.2) is 50.5 Å². The van der Waals surface area contributed by atoms with Crippen molar-refractivity contribution in [2.24, 2.45) is 0 Å². The molecule has 2 aromatic rings. The van der Waals surface area contributed by atoms with Crippen molar-refractivity contribution in [3.8, 4) is 0 Å². The van der Waals surface area contributed by atoms with E-state index in [2.05, 4.69) is 5.32 Å². The number of carbonyl (C=O) groups excluding carboxylic acids is 2. The molecule has 1 atom stereocenters. The second-order valence-electron chi connectivity index (χ2n) is 7.61. The summed E-state index contributed by atoms with van der Waals surface area (Å²) in [6, 6.07) is 11.0. The Morgan fingerprint density at radius 1 is 1.12 bits per heavy atom. The van der Waals surface area contributed by atoms with Crippen molar-refractivity contribution in [2.75, 3.05) is 23.7 Å². The summed E-state index contributed by atoms with van der Waals surface area (Å²) in [7, 11) is -3.91. The molecule has 2 amide bonds. The van der Waals surface area contributed by atoms with Crippen molar-refractivity contribution >= 4 is 39.1 Å². The van der Waals surface area contributed by atoms with Gasteiger partial charge in [0.15, 0.2) is 0 Å². The van der Waals surface area contributed by atoms with Crippen LogP contribution >= 0.6 is 11.6 Å². The average molecular weight is 498 g/mol. The summed E-state index contributed by atoms with van der Waals surface area (Å²) in [6.45, 7) is 3.65. The zero-order valence-electron chi connectivity index (χ0n) is 18.9. The number of hydrogen-bond donors (Lipinski definition) is 1. The second-order valence-corrected chi connectivity index (χ2v) is 9.96. The van der Waals surface area contributed by atoms with Crippen molar-refractivity contribution in [1.82, 2.24) is 10.2 Å². The Morgan fingerprint density at radius 2 is 1.79 bits per heavy atom. The van der Waals surface area contributed by atoms with Gasteiger partial charge in [-0.3, -0.25) is 13.9 Å². The Kier molecular flexibility index (Phi) is 9.67. The third kappa shape index (κ3) is 7.71. The van der Waals surface area contributed by atoms with Gasteiger partial charge >= 0.3 is 0 Å². The highest BCUT2D eigenvalue weighted by Gasteiger charge is 2.31. The molecule has 7 nitrogen and oxygen atoms in total. The van der Waals surface area contributed by atoms with Crippen LogP contribution in [0.1, 0.15) is 32.3 Å². The fourth-order valence-corrected chi connectivity index (χ4v) is 4.28. The van der Waals surface area contributed by atoms with Gasteiger partial charge in [0.2, 0.25) is 21.8 Å². The minimum atomic E-state index is -3.91. The Morgan fingerprint density at radius 3 is 2.33 bits per heavy atom. The number of halogens is 2. The highest BCUT2D eigenvalue weighted by molar-refractivity contribution is 7.92. The van der Waals surface area contributed by atoms with E-state index in [0.717, 1.165) is 28.6 Å². The van der Waals surface area contributed by atoms with E-state index in [0.29, 0.717) is 18.0 Å². The summed E-state index contributed by atoms with van der Waals surface area (Å²) >= 11 is 5.96. The summed E-state index contributed by atoms with van der Waals surface area (Å²) < 4.78 is 39.5. The molecule has 10 heteroatoms. The number of nitrogens with zero attached hydrogens (tertiary/aromatic N) is 2. The van der Waals surface area contributed by atoms with Crippen LogP contribution in [-0.2, 0) is 26.2 Å². The number of anilines is 1. The van der Waals surface area contributed by atoms with Gasteiger partial charge in [-0.05, 0) is 48.7 Å². The number of nitrogens with one attached hydrogen (secondary N) is 1. The molecule has 0 fully saturated rings. The normalized spacial score (nSPS) is 12.2. The van der Waals surface area contributed by atoms with Gasteiger partial charge in [0, 0.05) is 18.1 Å². The molecule has 0 aromatic heterocycles. The standard InChI is InChI=1S/C23H29ClFN3O4S/c1-4-13-26-23(30)21(5-2)27(15-17-9-11-18(24)12-10-17)22(29)16-28(33(3,31)32)20-8-6-7-19(25)14-20/h6-12,14,21H,4-5,13,15-16H2,1-3H3,(H,26,30)/t21-/m1/s1. The molecule has 0 aliphatic heterocycles. The highest BCUT2D eigenvalue weighted by Crippen LogP contribution is 2.21. The average Bonchev–Trinajstić information content (AvgIpc) is 2.76. The zero-order valence-corrected chi connectivity index (χ0v) is 20.5. The maximum Gasteiger partial charge on any atom is 0.244 e. The highest BCUT2D eigenvalue weighted by atomic mass is 35.5. The SMILES string of the molecule is CCCNC(=O)[C@@H](CC)N(Cc1ccc(Cl)cc1)C(=O)CN(c1cccc(F)c1)S(C)(=O)=O. The third-order valence-corrected chi connectivity index (χ3v) is 6.37. The first-order valence-corrected chi connectivity index (χ1v) is 12.8. The molecule has 1 N–H and O–H groups in total. The minimum Gasteiger partial charge on any atom is -0.354 e. The van der Waals surface area contributed by atoms with E-state index in [4.69, 9.17) is 11.6 Å². The van der Waals surface area contributed by atoms with Crippen LogP contribution in [0.15, 0.2) is 48.5 Å². The van der Waals surface area contributed by atoms with Gasteiger partial charge in [-0.25, -0.2) is 12.8 Å². The molecule has 0 spiro atoms. The molecule has 0 aliphatic carbocycles. The van der Waals surface area contributed by atoms with E-state index in [1.54, 1.807) is 31.2 Å². The van der Waals surface area contributed by atoms with Crippen molar-refractivity contribution in [1.29, 1.82) is 0 Å². The molecular formula is C23H29ClFN3O4S. The van der Waals surface area contributed by atoms with E-state index in [-0.39, 0.29) is 18.1 Å². The molecule has 0 bridgehead atoms. The minimum absolute atomic E-state index is 0.0285. The summed E-state index contributed by atoms with van der Waals surface area (Å²) in [5.41, 5.74) is 0.756. The summed E-state index contributed by atoms with van der Waals surface area (Å²) in [4.78, 5) is 27.6. The Balaban J connectivity index is 2.41. The van der Waals surface area contributed by atoms with Crippen molar-refractivity contribution in [3.05, 3.63) is 64.9 Å². The predicted octanol–water partition coefficient (Wildman–Crippen LogP) is 3.58. The number of rotatable bonds is 11. The van der Waals surface area contributed by atoms with Gasteiger partial charge in [-0.15, -0.1) is 0 Å². The zero-order chi connectivity index (χ0) is 24.6. The molecule has 0 aliphatic rings. The first-order chi connectivity index (χ1) is 15.6. The van der Waals surface area contributed by atoms with Crippen LogP contribution in [0.25, 0.3) is 0 Å². The summed E-state index contributed by atoms with van der Waals surface area (Å²) in [5, 5.41) is 3.33. The lowest BCUT2D eigenvalue weighted by Gasteiger charge is -2.32. The topological polar surface area (TPSA) is 86.8 Å². The Labute approximate surface area is 199 Å². The van der Waals surface area contributed by atoms with E-state index in [9.17, 15) is 22.4 Å². The first-order valence-electron chi connectivity index (χ1n) is 10.6. The van der Waals surface area contributed by atoms with Crippen LogP contribution < -0.4 is 9.62 Å². The van der Waals surface area contributed by atoms with Crippen molar-refractivity contribution < 1.29 is 22.4 Å². The number of benzene rings is 2. The lowest BCUT2D eigenvalue weighted by Crippen LogP contribution is -2.52. The van der Waals surface area contributed by atoms with Gasteiger partial charge in [0.1, 0.15) is 18.4 Å². The molecule has 180 valence electrons. The third-order valence-electron chi connectivity index (χ3n) is 4.98. The maximum absolute atomic E-state index is 13.8. The number of hydrogen-bond acceptors (Lipinski definition) is 4.